The number of cyclic esters (lactones) is 1. The second-order valence-electron chi connectivity index (χ2n) is 3.86. The Labute approximate surface area is 91.3 Å². The zero-order chi connectivity index (χ0) is 10.1. The third-order valence-electron chi connectivity index (χ3n) is 3.14. The Kier molecular flexibility index (Phi) is 3.51. The number of ether oxygens (including phenoxy) is 1. The van der Waals surface area contributed by atoms with E-state index in [1.54, 1.807) is 0 Å². The van der Waals surface area contributed by atoms with Crippen LogP contribution in [0.5, 0.6) is 0 Å². The molecule has 2 rings (SSSR count). The Hall–Kier alpha value is -1.31. The lowest BCUT2D eigenvalue weighted by Crippen LogP contribution is -2.21. The van der Waals surface area contributed by atoms with Crippen LogP contribution in [0.15, 0.2) is 36.5 Å². The minimum atomic E-state index is -0.0440. The van der Waals surface area contributed by atoms with Gasteiger partial charge in [-0.15, -0.1) is 0 Å². The highest BCUT2D eigenvalue weighted by atomic mass is 16.5. The van der Waals surface area contributed by atoms with Gasteiger partial charge in [0, 0.05) is 5.92 Å². The summed E-state index contributed by atoms with van der Waals surface area (Å²) in [4.78, 5) is 11.4. The molecule has 0 aromatic heterocycles. The molecule has 2 aliphatic rings. The fourth-order valence-electron chi connectivity index (χ4n) is 2.27. The zero-order valence-corrected chi connectivity index (χ0v) is 8.16. The highest BCUT2D eigenvalue weighted by Gasteiger charge is 2.39. The van der Waals surface area contributed by atoms with E-state index in [1.807, 2.05) is 12.2 Å². The second kappa shape index (κ2) is 4.47. The van der Waals surface area contributed by atoms with Gasteiger partial charge in [0.15, 0.2) is 0 Å². The topological polar surface area (TPSA) is 26.3 Å². The van der Waals surface area contributed by atoms with Gasteiger partial charge in [-0.2, -0.15) is 0 Å². The molecule has 2 atom stereocenters. The molecule has 0 amide bonds. The number of hydrogen-bond donors (Lipinski definition) is 0. The maximum absolute atomic E-state index is 11.4. The van der Waals surface area contributed by atoms with E-state index in [2.05, 4.69) is 13.2 Å². The first kappa shape index (κ1) is 11.8. The van der Waals surface area contributed by atoms with Crippen molar-refractivity contribution in [3.05, 3.63) is 36.5 Å². The van der Waals surface area contributed by atoms with Crippen LogP contribution in [0.3, 0.4) is 0 Å². The lowest BCUT2D eigenvalue weighted by atomic mass is 9.77. The van der Waals surface area contributed by atoms with E-state index in [0.29, 0.717) is 12.5 Å². The van der Waals surface area contributed by atoms with Crippen molar-refractivity contribution in [1.82, 2.24) is 0 Å². The van der Waals surface area contributed by atoms with Crippen LogP contribution >= 0.6 is 0 Å². The summed E-state index contributed by atoms with van der Waals surface area (Å²) in [6.07, 6.45) is 5.38. The first-order valence-corrected chi connectivity index (χ1v) is 4.89. The van der Waals surface area contributed by atoms with Crippen molar-refractivity contribution in [3.8, 4) is 0 Å². The number of carbonyl (C=O) groups is 1. The maximum atomic E-state index is 11.4. The molecule has 1 saturated heterocycles. The third kappa shape index (κ3) is 1.89. The number of carbonyl (C=O) groups excluding carboxylic acids is 1. The summed E-state index contributed by atoms with van der Waals surface area (Å²) in [6, 6.07) is 0. The van der Waals surface area contributed by atoms with Crippen LogP contribution in [-0.4, -0.2) is 12.6 Å². The third-order valence-corrected chi connectivity index (χ3v) is 3.14. The van der Waals surface area contributed by atoms with Crippen molar-refractivity contribution in [3.63, 3.8) is 0 Å². The molecule has 82 valence electrons. The molecule has 0 radical (unpaired) electrons. The molecule has 2 unspecified atom stereocenters. The van der Waals surface area contributed by atoms with Crippen LogP contribution in [0.2, 0.25) is 0 Å². The average Bonchev–Trinajstić information content (AvgIpc) is 2.58. The average molecular weight is 206 g/mol. The number of rotatable bonds is 2. The summed E-state index contributed by atoms with van der Waals surface area (Å²) in [5.74, 6) is 0.378. The van der Waals surface area contributed by atoms with Gasteiger partial charge in [-0.25, -0.2) is 0 Å². The molecule has 2 nitrogen and oxygen atoms in total. The lowest BCUT2D eigenvalue weighted by Gasteiger charge is -2.24. The van der Waals surface area contributed by atoms with E-state index in [4.69, 9.17) is 4.74 Å². The van der Waals surface area contributed by atoms with Crippen LogP contribution in [0, 0.1) is 11.8 Å². The molecule has 0 saturated carbocycles. The van der Waals surface area contributed by atoms with Gasteiger partial charge in [0.2, 0.25) is 0 Å². The molecule has 0 bridgehead atoms. The molecule has 0 aromatic carbocycles. The molecule has 1 heterocycles. The quantitative estimate of drug-likeness (QED) is 0.649. The van der Waals surface area contributed by atoms with Crippen LogP contribution in [0.1, 0.15) is 20.3 Å². The summed E-state index contributed by atoms with van der Waals surface area (Å²) in [5.41, 5.74) is 2.37. The predicted molar refractivity (Wildman–Crippen MR) is 61.3 cm³/mol. The Balaban J connectivity index is 0.00000112. The molecule has 0 aromatic rings. The van der Waals surface area contributed by atoms with Crippen molar-refractivity contribution in [2.45, 2.75) is 20.3 Å². The first-order valence-electron chi connectivity index (χ1n) is 4.89. The van der Waals surface area contributed by atoms with E-state index in [0.717, 1.165) is 18.4 Å². The monoisotopic (exact) mass is 206 g/mol. The number of allylic oxidation sites excluding steroid dienone is 4. The van der Waals surface area contributed by atoms with E-state index in [-0.39, 0.29) is 19.3 Å². The molecule has 2 heteroatoms. The van der Waals surface area contributed by atoms with Gasteiger partial charge in [0.05, 0.1) is 12.5 Å². The molecule has 15 heavy (non-hydrogen) atoms. The Morgan fingerprint density at radius 3 is 2.40 bits per heavy atom. The van der Waals surface area contributed by atoms with Crippen molar-refractivity contribution in [2.75, 3.05) is 6.61 Å². The van der Waals surface area contributed by atoms with Gasteiger partial charge in [0.1, 0.15) is 0 Å². The summed E-state index contributed by atoms with van der Waals surface area (Å²) >= 11 is 0. The molecular weight excluding hydrogens is 188 g/mol. The Morgan fingerprint density at radius 2 is 1.80 bits per heavy atom. The zero-order valence-electron chi connectivity index (χ0n) is 8.16. The molecule has 1 aliphatic heterocycles. The summed E-state index contributed by atoms with van der Waals surface area (Å²) in [6.45, 7) is 8.12. The second-order valence-corrected chi connectivity index (χ2v) is 3.86. The predicted octanol–water partition coefficient (Wildman–Crippen LogP) is 2.87. The fraction of sp³-hybridized carbons (Fsp3) is 0.462. The van der Waals surface area contributed by atoms with E-state index >= 15 is 0 Å². The highest BCUT2D eigenvalue weighted by Crippen LogP contribution is 2.39. The van der Waals surface area contributed by atoms with Gasteiger partial charge >= 0.3 is 5.97 Å². The fourth-order valence-corrected chi connectivity index (χ4v) is 2.27. The molecule has 1 aliphatic carbocycles. The van der Waals surface area contributed by atoms with Crippen molar-refractivity contribution >= 4 is 5.97 Å². The summed E-state index contributed by atoms with van der Waals surface area (Å²) in [5, 5.41) is 0. The van der Waals surface area contributed by atoms with Crippen molar-refractivity contribution < 1.29 is 9.53 Å². The van der Waals surface area contributed by atoms with Crippen molar-refractivity contribution in [2.24, 2.45) is 11.8 Å². The van der Waals surface area contributed by atoms with E-state index in [1.165, 1.54) is 5.57 Å². The lowest BCUT2D eigenvalue weighted by molar-refractivity contribution is -0.141. The summed E-state index contributed by atoms with van der Waals surface area (Å²) < 4.78 is 5.05. The van der Waals surface area contributed by atoms with Gasteiger partial charge in [0.25, 0.3) is 0 Å². The Morgan fingerprint density at radius 1 is 1.20 bits per heavy atom. The SMILES string of the molecule is C.C=CC1=C(C=C)CC2C(=O)OCC2C1. The standard InChI is InChI=1S/C12H14O2.CH4/c1-3-8-5-10-7-14-12(13)11(10)6-9(8)4-2;/h3-4,10-11H,1-2,5-7H2;1H4. The van der Waals surface area contributed by atoms with Gasteiger partial charge in [-0.1, -0.05) is 32.7 Å². The molecule has 0 N–H and O–H groups in total. The first-order chi connectivity index (χ1) is 6.76. The minimum absolute atomic E-state index is 0. The van der Waals surface area contributed by atoms with Gasteiger partial charge in [-0.3, -0.25) is 4.79 Å². The molecular formula is C13H18O2. The normalized spacial score (nSPS) is 28.9. The van der Waals surface area contributed by atoms with Crippen LogP contribution in [-0.2, 0) is 9.53 Å². The van der Waals surface area contributed by atoms with Gasteiger partial charge in [-0.05, 0) is 24.0 Å². The Bertz CT molecular complexity index is 325. The van der Waals surface area contributed by atoms with Gasteiger partial charge < -0.3 is 4.74 Å². The number of fused-ring (bicyclic) bond motifs is 1. The molecule has 0 spiro atoms. The summed E-state index contributed by atoms with van der Waals surface area (Å²) in [7, 11) is 0. The maximum Gasteiger partial charge on any atom is 0.309 e. The largest absolute Gasteiger partial charge is 0.465 e. The smallest absolute Gasteiger partial charge is 0.309 e. The van der Waals surface area contributed by atoms with Crippen LogP contribution in [0.4, 0.5) is 0 Å². The van der Waals surface area contributed by atoms with Crippen molar-refractivity contribution in [1.29, 1.82) is 0 Å². The minimum Gasteiger partial charge on any atom is -0.465 e. The van der Waals surface area contributed by atoms with E-state index in [9.17, 15) is 4.79 Å². The number of esters is 1. The molecule has 1 fully saturated rings. The number of hydrogen-bond acceptors (Lipinski definition) is 2. The van der Waals surface area contributed by atoms with Crippen LogP contribution < -0.4 is 0 Å². The highest BCUT2D eigenvalue weighted by molar-refractivity contribution is 5.76. The van der Waals surface area contributed by atoms with E-state index < -0.39 is 0 Å². The van der Waals surface area contributed by atoms with Crippen LogP contribution in [0.25, 0.3) is 0 Å².